The van der Waals surface area contributed by atoms with Crippen LogP contribution in [0.5, 0.6) is 0 Å². The number of halogens is 1. The number of carbonyl (C=O) groups excluding carboxylic acids is 1. The van der Waals surface area contributed by atoms with E-state index < -0.39 is 5.97 Å². The summed E-state index contributed by atoms with van der Waals surface area (Å²) < 4.78 is 7.30. The number of methoxy groups -OCH3 is 1. The van der Waals surface area contributed by atoms with Crippen molar-refractivity contribution < 1.29 is 9.53 Å². The normalized spacial score (nSPS) is 10.2. The van der Waals surface area contributed by atoms with E-state index in [2.05, 4.69) is 15.9 Å². The van der Waals surface area contributed by atoms with Gasteiger partial charge in [0.25, 0.3) is 0 Å². The molecule has 1 aromatic heterocycles. The first-order valence-corrected chi connectivity index (χ1v) is 6.96. The number of anilines is 1. The van der Waals surface area contributed by atoms with Crippen molar-refractivity contribution in [1.29, 1.82) is 5.26 Å². The molecular formula is C15H14BrN3O2. The lowest BCUT2D eigenvalue weighted by Crippen LogP contribution is -2.12. The Balaban J connectivity index is 2.82. The molecule has 6 heteroatoms. The van der Waals surface area contributed by atoms with E-state index in [4.69, 9.17) is 15.7 Å². The third-order valence-electron chi connectivity index (χ3n) is 3.26. The maximum Gasteiger partial charge on any atom is 0.357 e. The largest absolute Gasteiger partial charge is 0.464 e. The van der Waals surface area contributed by atoms with Crippen molar-refractivity contribution in [3.8, 4) is 11.8 Å². The SMILES string of the molecule is COC(=O)c1c(N)c(C#N)cn1-c1cc(C)cc(Br)c1C. The molecule has 1 aromatic carbocycles. The molecule has 0 aliphatic heterocycles. The van der Waals surface area contributed by atoms with E-state index >= 15 is 0 Å². The second-order valence-corrected chi connectivity index (χ2v) is 5.52. The molecule has 2 aromatic rings. The Morgan fingerprint density at radius 1 is 1.43 bits per heavy atom. The number of benzene rings is 1. The first-order valence-electron chi connectivity index (χ1n) is 6.17. The number of carbonyl (C=O) groups is 1. The van der Waals surface area contributed by atoms with Crippen molar-refractivity contribution in [1.82, 2.24) is 4.57 Å². The Kier molecular flexibility index (Phi) is 4.05. The predicted octanol–water partition coefficient (Wildman–Crippen LogP) is 3.10. The number of aromatic nitrogens is 1. The highest BCUT2D eigenvalue weighted by Crippen LogP contribution is 2.30. The molecule has 0 spiro atoms. The molecule has 2 N–H and O–H groups in total. The quantitative estimate of drug-likeness (QED) is 0.846. The maximum atomic E-state index is 12.0. The number of nitrogen functional groups attached to an aromatic ring is 1. The van der Waals surface area contributed by atoms with Gasteiger partial charge >= 0.3 is 5.97 Å². The van der Waals surface area contributed by atoms with E-state index in [1.807, 2.05) is 32.0 Å². The molecule has 0 radical (unpaired) electrons. The monoisotopic (exact) mass is 347 g/mol. The lowest BCUT2D eigenvalue weighted by molar-refractivity contribution is 0.0593. The Morgan fingerprint density at radius 3 is 2.67 bits per heavy atom. The van der Waals surface area contributed by atoms with Gasteiger partial charge in [0.2, 0.25) is 0 Å². The van der Waals surface area contributed by atoms with Crippen LogP contribution in [0.3, 0.4) is 0 Å². The van der Waals surface area contributed by atoms with E-state index in [0.29, 0.717) is 0 Å². The summed E-state index contributed by atoms with van der Waals surface area (Å²) in [5, 5.41) is 9.13. The summed E-state index contributed by atoms with van der Waals surface area (Å²) in [5.74, 6) is -0.578. The van der Waals surface area contributed by atoms with Gasteiger partial charge in [-0.05, 0) is 37.1 Å². The molecule has 0 unspecified atom stereocenters. The van der Waals surface area contributed by atoms with E-state index in [0.717, 1.165) is 21.3 Å². The van der Waals surface area contributed by atoms with Crippen molar-refractivity contribution in [2.45, 2.75) is 13.8 Å². The van der Waals surface area contributed by atoms with Gasteiger partial charge in [-0.1, -0.05) is 15.9 Å². The van der Waals surface area contributed by atoms with E-state index in [1.165, 1.54) is 7.11 Å². The van der Waals surface area contributed by atoms with Crippen LogP contribution in [0.2, 0.25) is 0 Å². The van der Waals surface area contributed by atoms with Crippen LogP contribution in [0, 0.1) is 25.2 Å². The fraction of sp³-hybridized carbons (Fsp3) is 0.200. The summed E-state index contributed by atoms with van der Waals surface area (Å²) in [7, 11) is 1.28. The number of nitrogens with zero attached hydrogens (tertiary/aromatic N) is 2. The predicted molar refractivity (Wildman–Crippen MR) is 83.4 cm³/mol. The molecule has 0 aliphatic rings. The van der Waals surface area contributed by atoms with E-state index in [-0.39, 0.29) is 16.9 Å². The zero-order valence-corrected chi connectivity index (χ0v) is 13.5. The number of rotatable bonds is 2. The summed E-state index contributed by atoms with van der Waals surface area (Å²) in [6.07, 6.45) is 1.55. The minimum atomic E-state index is -0.578. The van der Waals surface area contributed by atoms with Gasteiger partial charge in [-0.15, -0.1) is 0 Å². The fourth-order valence-corrected chi connectivity index (χ4v) is 2.72. The topological polar surface area (TPSA) is 81.0 Å². The highest BCUT2D eigenvalue weighted by molar-refractivity contribution is 9.10. The Hall–Kier alpha value is -2.26. The fourth-order valence-electron chi connectivity index (χ4n) is 2.15. The van der Waals surface area contributed by atoms with Gasteiger partial charge < -0.3 is 15.0 Å². The van der Waals surface area contributed by atoms with Crippen molar-refractivity contribution in [3.63, 3.8) is 0 Å². The van der Waals surface area contributed by atoms with Gasteiger partial charge in [0.15, 0.2) is 5.69 Å². The standard InChI is InChI=1S/C15H14BrN3O2/c1-8-4-11(16)9(2)12(5-8)19-7-10(6-17)13(18)14(19)15(20)21-3/h4-5,7H,18H2,1-3H3. The summed E-state index contributed by atoms with van der Waals surface area (Å²) in [6.45, 7) is 3.87. The van der Waals surface area contributed by atoms with Crippen molar-refractivity contribution in [2.75, 3.05) is 12.8 Å². The second kappa shape index (κ2) is 5.62. The third kappa shape index (κ3) is 2.52. The van der Waals surface area contributed by atoms with Gasteiger partial charge in [0.05, 0.1) is 24.0 Å². The molecule has 2 rings (SSSR count). The number of nitrogens with two attached hydrogens (primary N) is 1. The summed E-state index contributed by atoms with van der Waals surface area (Å²) in [4.78, 5) is 12.0. The average Bonchev–Trinajstić information content (AvgIpc) is 2.78. The highest BCUT2D eigenvalue weighted by atomic mass is 79.9. The van der Waals surface area contributed by atoms with E-state index in [1.54, 1.807) is 10.8 Å². The van der Waals surface area contributed by atoms with Crippen molar-refractivity contribution in [2.24, 2.45) is 0 Å². The first kappa shape index (κ1) is 15.1. The van der Waals surface area contributed by atoms with Crippen LogP contribution in [0.4, 0.5) is 5.69 Å². The van der Waals surface area contributed by atoms with Crippen molar-refractivity contribution >= 4 is 27.6 Å². The number of aryl methyl sites for hydroxylation is 1. The van der Waals surface area contributed by atoms with Crippen LogP contribution in [0.1, 0.15) is 27.2 Å². The van der Waals surface area contributed by atoms with Crippen LogP contribution >= 0.6 is 15.9 Å². The number of ether oxygens (including phenoxy) is 1. The lowest BCUT2D eigenvalue weighted by atomic mass is 10.1. The molecule has 0 aliphatic carbocycles. The zero-order valence-electron chi connectivity index (χ0n) is 11.9. The van der Waals surface area contributed by atoms with Crippen molar-refractivity contribution in [3.05, 3.63) is 45.2 Å². The number of nitriles is 1. The van der Waals surface area contributed by atoms with Crippen LogP contribution in [0.25, 0.3) is 5.69 Å². The molecule has 0 bridgehead atoms. The minimum absolute atomic E-state index is 0.126. The summed E-state index contributed by atoms with van der Waals surface area (Å²) in [6, 6.07) is 5.89. The zero-order chi connectivity index (χ0) is 15.7. The second-order valence-electron chi connectivity index (χ2n) is 4.67. The van der Waals surface area contributed by atoms with Crippen LogP contribution in [-0.2, 0) is 4.74 Å². The molecule has 1 heterocycles. The van der Waals surface area contributed by atoms with Gasteiger partial charge in [0, 0.05) is 10.7 Å². The molecule has 0 fully saturated rings. The van der Waals surface area contributed by atoms with E-state index in [9.17, 15) is 4.79 Å². The smallest absolute Gasteiger partial charge is 0.357 e. The van der Waals surface area contributed by atoms with Crippen LogP contribution < -0.4 is 5.73 Å². The molecule has 108 valence electrons. The molecule has 5 nitrogen and oxygen atoms in total. The number of hydrogen-bond acceptors (Lipinski definition) is 4. The molecule has 0 atom stereocenters. The molecular weight excluding hydrogens is 334 g/mol. The average molecular weight is 348 g/mol. The Morgan fingerprint density at radius 2 is 2.10 bits per heavy atom. The van der Waals surface area contributed by atoms with Gasteiger partial charge in [-0.2, -0.15) is 5.26 Å². The number of hydrogen-bond donors (Lipinski definition) is 1. The van der Waals surface area contributed by atoms with Gasteiger partial charge in [-0.25, -0.2) is 4.79 Å². The molecule has 0 saturated carbocycles. The maximum absolute atomic E-state index is 12.0. The third-order valence-corrected chi connectivity index (χ3v) is 4.09. The first-order chi connectivity index (χ1) is 9.90. The molecule has 0 saturated heterocycles. The summed E-state index contributed by atoms with van der Waals surface area (Å²) in [5.41, 5.74) is 9.16. The molecule has 0 amide bonds. The molecule has 21 heavy (non-hydrogen) atoms. The Bertz CT molecular complexity index is 772. The minimum Gasteiger partial charge on any atom is -0.464 e. The van der Waals surface area contributed by atoms with Gasteiger partial charge in [-0.3, -0.25) is 0 Å². The number of esters is 1. The lowest BCUT2D eigenvalue weighted by Gasteiger charge is -2.13. The van der Waals surface area contributed by atoms with Crippen LogP contribution in [-0.4, -0.2) is 17.6 Å². The highest BCUT2D eigenvalue weighted by Gasteiger charge is 2.22. The Labute approximate surface area is 131 Å². The van der Waals surface area contributed by atoms with Crippen LogP contribution in [0.15, 0.2) is 22.8 Å². The summed E-state index contributed by atoms with van der Waals surface area (Å²) >= 11 is 3.49. The van der Waals surface area contributed by atoms with Gasteiger partial charge in [0.1, 0.15) is 6.07 Å².